The van der Waals surface area contributed by atoms with Crippen LogP contribution in [0, 0.1) is 40.4 Å². The Morgan fingerprint density at radius 3 is 1.94 bits per heavy atom. The number of ether oxygens (including phenoxy) is 3. The number of rotatable bonds is 7. The summed E-state index contributed by atoms with van der Waals surface area (Å²) >= 11 is 0. The molecule has 5 nitrogen and oxygen atoms in total. The van der Waals surface area contributed by atoms with Gasteiger partial charge >= 0.3 is 11.9 Å². The molecular formula is C27H38O5. The molecule has 0 aromatic heterocycles. The van der Waals surface area contributed by atoms with Crippen molar-refractivity contribution >= 4 is 11.9 Å². The molecule has 2 atom stereocenters. The SMILES string of the molecule is C=C(C)C(=O)OCC12CC3CC(C1)CC(C(=O)OCOC14CC5CC(CC(C5)C1)C4)(C3)C2. The molecule has 8 saturated carbocycles. The molecule has 2 unspecified atom stereocenters. The fraction of sp³-hybridized carbons (Fsp3) is 0.852. The largest absolute Gasteiger partial charge is 0.462 e. The molecule has 0 aliphatic heterocycles. The number of hydrogen-bond donors (Lipinski definition) is 0. The highest BCUT2D eigenvalue weighted by atomic mass is 16.7. The number of hydrogen-bond acceptors (Lipinski definition) is 5. The summed E-state index contributed by atoms with van der Waals surface area (Å²) in [6.07, 6.45) is 13.6. The van der Waals surface area contributed by atoms with Crippen molar-refractivity contribution in [2.45, 2.75) is 89.6 Å². The Hall–Kier alpha value is -1.36. The van der Waals surface area contributed by atoms with E-state index in [0.29, 0.717) is 24.0 Å². The summed E-state index contributed by atoms with van der Waals surface area (Å²) in [4.78, 5) is 25.5. The van der Waals surface area contributed by atoms with E-state index in [2.05, 4.69) is 6.58 Å². The molecule has 32 heavy (non-hydrogen) atoms. The average molecular weight is 443 g/mol. The molecule has 0 heterocycles. The molecule has 8 aliphatic rings. The van der Waals surface area contributed by atoms with Crippen LogP contribution in [0.5, 0.6) is 0 Å². The van der Waals surface area contributed by atoms with Crippen LogP contribution < -0.4 is 0 Å². The zero-order valence-corrected chi connectivity index (χ0v) is 19.5. The van der Waals surface area contributed by atoms with Crippen LogP contribution in [0.25, 0.3) is 0 Å². The van der Waals surface area contributed by atoms with E-state index in [0.717, 1.165) is 69.1 Å². The number of esters is 2. The molecule has 8 fully saturated rings. The second-order valence-electron chi connectivity index (χ2n) is 12.9. The predicted octanol–water partition coefficient (Wildman–Crippen LogP) is 5.18. The van der Waals surface area contributed by atoms with Gasteiger partial charge in [-0.25, -0.2) is 4.79 Å². The molecular weight excluding hydrogens is 404 g/mol. The lowest BCUT2D eigenvalue weighted by Gasteiger charge is -2.60. The molecule has 0 N–H and O–H groups in total. The van der Waals surface area contributed by atoms with E-state index in [9.17, 15) is 9.59 Å². The lowest BCUT2D eigenvalue weighted by atomic mass is 9.44. The van der Waals surface area contributed by atoms with Gasteiger partial charge < -0.3 is 14.2 Å². The van der Waals surface area contributed by atoms with Crippen LogP contribution in [-0.4, -0.2) is 30.9 Å². The predicted molar refractivity (Wildman–Crippen MR) is 118 cm³/mol. The first-order valence-electron chi connectivity index (χ1n) is 12.9. The number of carbonyl (C=O) groups excluding carboxylic acids is 2. The van der Waals surface area contributed by atoms with Gasteiger partial charge in [-0.1, -0.05) is 6.58 Å². The highest BCUT2D eigenvalue weighted by molar-refractivity contribution is 5.87. The van der Waals surface area contributed by atoms with Gasteiger partial charge in [-0.15, -0.1) is 0 Å². The van der Waals surface area contributed by atoms with Crippen molar-refractivity contribution in [1.29, 1.82) is 0 Å². The number of carbonyl (C=O) groups is 2. The maximum Gasteiger partial charge on any atom is 0.333 e. The van der Waals surface area contributed by atoms with Gasteiger partial charge in [0.25, 0.3) is 0 Å². The highest BCUT2D eigenvalue weighted by Crippen LogP contribution is 2.65. The van der Waals surface area contributed by atoms with E-state index in [-0.39, 0.29) is 29.7 Å². The van der Waals surface area contributed by atoms with Crippen molar-refractivity contribution in [3.8, 4) is 0 Å². The average Bonchev–Trinajstić information content (AvgIpc) is 2.70. The normalized spacial score (nSPS) is 47.5. The van der Waals surface area contributed by atoms with Gasteiger partial charge in [0.05, 0.1) is 17.6 Å². The van der Waals surface area contributed by atoms with Gasteiger partial charge in [-0.2, -0.15) is 0 Å². The van der Waals surface area contributed by atoms with Crippen LogP contribution in [0.3, 0.4) is 0 Å². The summed E-state index contributed by atoms with van der Waals surface area (Å²) in [5.41, 5.74) is -0.0840. The minimum Gasteiger partial charge on any atom is -0.462 e. The van der Waals surface area contributed by atoms with Gasteiger partial charge in [0.1, 0.15) is 0 Å². The summed E-state index contributed by atoms with van der Waals surface area (Å²) in [6.45, 7) is 5.90. The second-order valence-corrected chi connectivity index (χ2v) is 12.9. The summed E-state index contributed by atoms with van der Waals surface area (Å²) < 4.78 is 17.9. The molecule has 8 aliphatic carbocycles. The van der Waals surface area contributed by atoms with Crippen LogP contribution in [0.1, 0.15) is 84.0 Å². The van der Waals surface area contributed by atoms with E-state index in [1.54, 1.807) is 6.92 Å². The summed E-state index contributed by atoms with van der Waals surface area (Å²) in [5, 5.41) is 0. The first-order chi connectivity index (χ1) is 15.3. The van der Waals surface area contributed by atoms with Crippen molar-refractivity contribution in [1.82, 2.24) is 0 Å². The van der Waals surface area contributed by atoms with Crippen molar-refractivity contribution in [3.05, 3.63) is 12.2 Å². The van der Waals surface area contributed by atoms with E-state index in [1.165, 1.54) is 25.7 Å². The third-order valence-electron chi connectivity index (χ3n) is 10.0. The molecule has 8 bridgehead atoms. The molecule has 0 aromatic rings. The molecule has 0 radical (unpaired) electrons. The second kappa shape index (κ2) is 7.32. The maximum atomic E-state index is 13.4. The zero-order valence-electron chi connectivity index (χ0n) is 19.5. The lowest BCUT2D eigenvalue weighted by Crippen LogP contribution is -2.57. The smallest absolute Gasteiger partial charge is 0.333 e. The Morgan fingerprint density at radius 1 is 0.812 bits per heavy atom. The third kappa shape index (κ3) is 3.54. The molecule has 0 amide bonds. The van der Waals surface area contributed by atoms with Gasteiger partial charge in [0.15, 0.2) is 6.79 Å². The highest BCUT2D eigenvalue weighted by Gasteiger charge is 2.62. The van der Waals surface area contributed by atoms with E-state index < -0.39 is 5.41 Å². The minimum atomic E-state index is -0.412. The Labute approximate surface area is 191 Å². The molecule has 0 spiro atoms. The third-order valence-corrected chi connectivity index (χ3v) is 10.0. The molecule has 176 valence electrons. The standard InChI is InChI=1S/C27H38O5/c1-17(2)23(28)30-15-25-7-21-6-22(8-25)10-26(9-21,14-25)24(29)31-16-32-27-11-18-3-19(12-27)5-20(4-18)13-27/h18-22H,1,3-16H2,2H3. The van der Waals surface area contributed by atoms with Gasteiger partial charge in [0.2, 0.25) is 0 Å². The fourth-order valence-corrected chi connectivity index (χ4v) is 9.77. The van der Waals surface area contributed by atoms with Crippen molar-refractivity contribution in [2.24, 2.45) is 40.4 Å². The Morgan fingerprint density at radius 2 is 1.38 bits per heavy atom. The Kier molecular flexibility index (Phi) is 4.85. The maximum absolute atomic E-state index is 13.4. The van der Waals surface area contributed by atoms with Gasteiger partial charge in [-0.05, 0) is 114 Å². The van der Waals surface area contributed by atoms with Gasteiger partial charge in [-0.3, -0.25) is 4.79 Å². The molecule has 0 aromatic carbocycles. The molecule has 8 rings (SSSR count). The fourth-order valence-electron chi connectivity index (χ4n) is 9.77. The van der Waals surface area contributed by atoms with Crippen LogP contribution in [-0.2, 0) is 23.8 Å². The molecule has 0 saturated heterocycles. The first kappa shape index (κ1) is 21.2. The van der Waals surface area contributed by atoms with Crippen LogP contribution in [0.15, 0.2) is 12.2 Å². The molecule has 5 heteroatoms. The lowest BCUT2D eigenvalue weighted by molar-refractivity contribution is -0.225. The van der Waals surface area contributed by atoms with Crippen LogP contribution in [0.2, 0.25) is 0 Å². The minimum absolute atomic E-state index is 0.0333. The first-order valence-corrected chi connectivity index (χ1v) is 12.9. The monoisotopic (exact) mass is 442 g/mol. The van der Waals surface area contributed by atoms with Crippen molar-refractivity contribution in [3.63, 3.8) is 0 Å². The Bertz CT molecular complexity index is 779. The summed E-state index contributed by atoms with van der Waals surface area (Å²) in [5.74, 6) is 3.16. The van der Waals surface area contributed by atoms with Gasteiger partial charge in [0, 0.05) is 11.0 Å². The van der Waals surface area contributed by atoms with Crippen LogP contribution in [0.4, 0.5) is 0 Å². The van der Waals surface area contributed by atoms with Crippen LogP contribution >= 0.6 is 0 Å². The topological polar surface area (TPSA) is 61.8 Å². The van der Waals surface area contributed by atoms with E-state index >= 15 is 0 Å². The van der Waals surface area contributed by atoms with Crippen molar-refractivity contribution < 1.29 is 23.8 Å². The quantitative estimate of drug-likeness (QED) is 0.309. The summed E-state index contributed by atoms with van der Waals surface area (Å²) in [7, 11) is 0. The summed E-state index contributed by atoms with van der Waals surface area (Å²) in [6, 6.07) is 0. The Balaban J connectivity index is 1.10. The van der Waals surface area contributed by atoms with E-state index in [1.807, 2.05) is 0 Å². The van der Waals surface area contributed by atoms with Crippen molar-refractivity contribution in [2.75, 3.05) is 13.4 Å². The zero-order chi connectivity index (χ0) is 22.1. The van der Waals surface area contributed by atoms with E-state index in [4.69, 9.17) is 14.2 Å².